The fourth-order valence-electron chi connectivity index (χ4n) is 3.01. The van der Waals surface area contributed by atoms with Crippen molar-refractivity contribution < 1.29 is 28.3 Å². The van der Waals surface area contributed by atoms with Crippen molar-refractivity contribution in [2.24, 2.45) is 17.8 Å². The molecule has 0 aliphatic heterocycles. The normalized spacial score (nSPS) is 14.1. The molecule has 0 saturated heterocycles. The lowest BCUT2D eigenvalue weighted by Crippen LogP contribution is -2.51. The summed E-state index contributed by atoms with van der Waals surface area (Å²) in [4.78, 5) is 25.3. The Morgan fingerprint density at radius 1 is 1.13 bits per heavy atom. The molecule has 1 aromatic carbocycles. The Bertz CT molecular complexity index is 811. The number of aliphatic hydroxyl groups is 1. The maximum Gasteiger partial charge on any atom is 0.247 e. The molecule has 0 aliphatic carbocycles. The molecule has 168 valence electrons. The average Bonchev–Trinajstić information content (AvgIpc) is 2.68. The number of nitrogens with zero attached hydrogens (tertiary/aromatic N) is 1. The predicted octanol–water partition coefficient (Wildman–Crippen LogP) is 1.16. The fraction of sp³-hybridized carbons (Fsp3) is 0.500. The van der Waals surface area contributed by atoms with Crippen LogP contribution >= 0.6 is 0 Å². The third-order valence-electron chi connectivity index (χ3n) is 4.43. The van der Waals surface area contributed by atoms with Crippen molar-refractivity contribution in [1.29, 1.82) is 0 Å². The summed E-state index contributed by atoms with van der Waals surface area (Å²) < 4.78 is 24.4. The topological polar surface area (TPSA) is 136 Å². The lowest BCUT2D eigenvalue weighted by molar-refractivity contribution is -0.141. The summed E-state index contributed by atoms with van der Waals surface area (Å²) in [6, 6.07) is 9.38. The number of aliphatic hydroxyl groups excluding tert-OH is 1. The number of hydrogen-bond donors (Lipinski definition) is 4. The molecule has 0 heterocycles. The number of sulfonamides is 1. The Morgan fingerprint density at radius 3 is 2.27 bits per heavy atom. The van der Waals surface area contributed by atoms with E-state index in [2.05, 4.69) is 5.43 Å². The number of hydrogen-bond acceptors (Lipinski definition) is 6. The first-order chi connectivity index (χ1) is 14.1. The van der Waals surface area contributed by atoms with Crippen molar-refractivity contribution in [3.63, 3.8) is 0 Å². The van der Waals surface area contributed by atoms with Gasteiger partial charge < -0.3 is 5.11 Å². The molecule has 0 spiro atoms. The number of allylic oxidation sites excluding steroid dienone is 1. The van der Waals surface area contributed by atoms with E-state index in [1.807, 2.05) is 44.2 Å². The van der Waals surface area contributed by atoms with Gasteiger partial charge in [0.25, 0.3) is 0 Å². The number of hydroxylamine groups is 1. The molecule has 0 aliphatic rings. The van der Waals surface area contributed by atoms with Crippen molar-refractivity contribution in [2.75, 3.05) is 19.4 Å². The van der Waals surface area contributed by atoms with Gasteiger partial charge in [-0.05, 0) is 24.3 Å². The van der Waals surface area contributed by atoms with E-state index in [1.165, 1.54) is 0 Å². The van der Waals surface area contributed by atoms with E-state index >= 15 is 0 Å². The third-order valence-corrected chi connectivity index (χ3v) is 5.51. The second kappa shape index (κ2) is 12.4. The SMILES string of the molecule is CC(C)C[C@@H](C(=O)NN(CCO)S(C)(=O)=O)[C@H](C/C=C/c1ccccc1)C(=O)NO. The molecule has 2 atom stereocenters. The highest BCUT2D eigenvalue weighted by atomic mass is 32.2. The van der Waals surface area contributed by atoms with Gasteiger partial charge in [-0.2, -0.15) is 0 Å². The average molecular weight is 442 g/mol. The first-order valence-electron chi connectivity index (χ1n) is 9.64. The molecule has 0 radical (unpaired) electrons. The molecule has 2 amide bonds. The van der Waals surface area contributed by atoms with Crippen LogP contribution in [0.3, 0.4) is 0 Å². The zero-order valence-corrected chi connectivity index (χ0v) is 18.3. The summed E-state index contributed by atoms with van der Waals surface area (Å²) in [7, 11) is -3.81. The summed E-state index contributed by atoms with van der Waals surface area (Å²) in [5.74, 6) is -3.21. The summed E-state index contributed by atoms with van der Waals surface area (Å²) in [6.07, 6.45) is 4.89. The van der Waals surface area contributed by atoms with Gasteiger partial charge in [0.1, 0.15) is 0 Å². The molecular formula is C20H31N3O6S. The molecule has 30 heavy (non-hydrogen) atoms. The van der Waals surface area contributed by atoms with Crippen LogP contribution in [0.1, 0.15) is 32.3 Å². The minimum Gasteiger partial charge on any atom is -0.395 e. The molecule has 9 nitrogen and oxygen atoms in total. The standard InChI is InChI=1S/C20H31N3O6S/c1-15(2)14-18(19(25)21-23(12-13-24)30(3,28)29)17(20(26)22-27)11-7-10-16-8-5-4-6-9-16/h4-10,15,17-18,24,27H,11-14H2,1-3H3,(H,21,25)(H,22,26)/b10-7+/t17-,18+/m0/s1. The molecule has 1 aromatic rings. The molecule has 10 heteroatoms. The summed E-state index contributed by atoms with van der Waals surface area (Å²) in [6.45, 7) is 2.94. The highest BCUT2D eigenvalue weighted by molar-refractivity contribution is 7.88. The van der Waals surface area contributed by atoms with Crippen LogP contribution in [0.4, 0.5) is 0 Å². The smallest absolute Gasteiger partial charge is 0.247 e. The van der Waals surface area contributed by atoms with Crippen LogP contribution in [0.2, 0.25) is 0 Å². The van der Waals surface area contributed by atoms with Gasteiger partial charge in [-0.15, -0.1) is 4.41 Å². The second-order valence-corrected chi connectivity index (χ2v) is 9.31. The van der Waals surface area contributed by atoms with Crippen LogP contribution in [0.5, 0.6) is 0 Å². The predicted molar refractivity (Wildman–Crippen MR) is 113 cm³/mol. The van der Waals surface area contributed by atoms with Crippen molar-refractivity contribution in [1.82, 2.24) is 15.3 Å². The van der Waals surface area contributed by atoms with Crippen molar-refractivity contribution in [3.05, 3.63) is 42.0 Å². The Labute approximate surface area is 177 Å². The van der Waals surface area contributed by atoms with Crippen LogP contribution in [-0.2, 0) is 19.6 Å². The van der Waals surface area contributed by atoms with Crippen LogP contribution in [0.15, 0.2) is 36.4 Å². The quantitative estimate of drug-likeness (QED) is 0.284. The van der Waals surface area contributed by atoms with E-state index in [0.29, 0.717) is 10.8 Å². The van der Waals surface area contributed by atoms with E-state index in [1.54, 1.807) is 17.6 Å². The monoisotopic (exact) mass is 441 g/mol. The van der Waals surface area contributed by atoms with Gasteiger partial charge in [-0.25, -0.2) is 13.9 Å². The Morgan fingerprint density at radius 2 is 1.77 bits per heavy atom. The summed E-state index contributed by atoms with van der Waals surface area (Å²) in [5, 5.41) is 18.3. The number of carbonyl (C=O) groups excluding carboxylic acids is 2. The van der Waals surface area contributed by atoms with Gasteiger partial charge in [0, 0.05) is 0 Å². The maximum absolute atomic E-state index is 12.9. The number of amides is 2. The first-order valence-corrected chi connectivity index (χ1v) is 11.5. The van der Waals surface area contributed by atoms with Crippen LogP contribution in [0.25, 0.3) is 6.08 Å². The van der Waals surface area contributed by atoms with E-state index in [-0.39, 0.29) is 18.9 Å². The highest BCUT2D eigenvalue weighted by Crippen LogP contribution is 2.25. The zero-order valence-electron chi connectivity index (χ0n) is 17.5. The van der Waals surface area contributed by atoms with Crippen LogP contribution in [0, 0.1) is 17.8 Å². The molecule has 0 saturated carbocycles. The van der Waals surface area contributed by atoms with E-state index in [4.69, 9.17) is 5.11 Å². The lowest BCUT2D eigenvalue weighted by atomic mass is 9.82. The molecule has 0 unspecified atom stereocenters. The molecular weight excluding hydrogens is 410 g/mol. The Hall–Kier alpha value is -2.27. The number of carbonyl (C=O) groups is 2. The molecule has 0 aromatic heterocycles. The van der Waals surface area contributed by atoms with E-state index in [0.717, 1.165) is 11.8 Å². The van der Waals surface area contributed by atoms with Gasteiger partial charge in [0.15, 0.2) is 0 Å². The fourth-order valence-corrected chi connectivity index (χ4v) is 3.68. The van der Waals surface area contributed by atoms with Gasteiger partial charge in [0.05, 0.1) is 31.2 Å². The van der Waals surface area contributed by atoms with E-state index in [9.17, 15) is 23.2 Å². The molecule has 0 fully saturated rings. The Balaban J connectivity index is 3.11. The zero-order chi connectivity index (χ0) is 22.7. The van der Waals surface area contributed by atoms with Crippen LogP contribution in [-0.4, -0.2) is 54.4 Å². The number of rotatable bonds is 12. The van der Waals surface area contributed by atoms with Gasteiger partial charge in [-0.3, -0.25) is 20.2 Å². The van der Waals surface area contributed by atoms with Crippen molar-refractivity contribution in [3.8, 4) is 0 Å². The minimum absolute atomic E-state index is 0.0253. The maximum atomic E-state index is 12.9. The second-order valence-electron chi connectivity index (χ2n) is 7.40. The largest absolute Gasteiger partial charge is 0.395 e. The van der Waals surface area contributed by atoms with Gasteiger partial charge in [0.2, 0.25) is 21.8 Å². The summed E-state index contributed by atoms with van der Waals surface area (Å²) >= 11 is 0. The van der Waals surface area contributed by atoms with Crippen molar-refractivity contribution >= 4 is 27.9 Å². The van der Waals surface area contributed by atoms with Gasteiger partial charge >= 0.3 is 0 Å². The first kappa shape index (κ1) is 25.8. The number of nitrogens with one attached hydrogen (secondary N) is 2. The molecule has 1 rings (SSSR count). The summed E-state index contributed by atoms with van der Waals surface area (Å²) in [5.41, 5.74) is 4.81. The minimum atomic E-state index is -3.81. The number of hydrazine groups is 1. The number of benzene rings is 1. The third kappa shape index (κ3) is 8.62. The highest BCUT2D eigenvalue weighted by Gasteiger charge is 2.35. The van der Waals surface area contributed by atoms with Crippen LogP contribution < -0.4 is 10.9 Å². The van der Waals surface area contributed by atoms with Crippen molar-refractivity contribution in [2.45, 2.75) is 26.7 Å². The van der Waals surface area contributed by atoms with E-state index < -0.39 is 40.3 Å². The molecule has 0 bridgehead atoms. The lowest BCUT2D eigenvalue weighted by Gasteiger charge is -2.28. The van der Waals surface area contributed by atoms with Gasteiger partial charge in [-0.1, -0.05) is 56.3 Å². The Kier molecular flexibility index (Phi) is 10.7. The molecule has 4 N–H and O–H groups in total.